The summed E-state index contributed by atoms with van der Waals surface area (Å²) in [5.41, 5.74) is 4.23. The summed E-state index contributed by atoms with van der Waals surface area (Å²) in [6.07, 6.45) is 0. The van der Waals surface area contributed by atoms with Crippen LogP contribution >= 0.6 is 23.4 Å². The average molecular weight is 341 g/mol. The fraction of sp³-hybridized carbons (Fsp3) is 0.118. The van der Waals surface area contributed by atoms with Crippen LogP contribution in [0.5, 0.6) is 0 Å². The van der Waals surface area contributed by atoms with Crippen LogP contribution in [-0.4, -0.2) is 26.3 Å². The zero-order valence-corrected chi connectivity index (χ0v) is 14.0. The van der Waals surface area contributed by atoms with Gasteiger partial charge in [0.25, 0.3) is 0 Å². The third kappa shape index (κ3) is 2.56. The van der Waals surface area contributed by atoms with Gasteiger partial charge in [0, 0.05) is 16.9 Å². The lowest BCUT2D eigenvalue weighted by Gasteiger charge is -2.15. The third-order valence-corrected chi connectivity index (χ3v) is 5.00. The second-order valence-corrected chi connectivity index (χ2v) is 6.60. The van der Waals surface area contributed by atoms with Gasteiger partial charge < -0.3 is 0 Å². The molecule has 3 aromatic rings. The first-order chi connectivity index (χ1) is 11.2. The number of aromatic nitrogens is 3. The number of hydrogen-bond acceptors (Lipinski definition) is 4. The predicted octanol–water partition coefficient (Wildman–Crippen LogP) is 4.27. The molecule has 0 fully saturated rings. The number of rotatable bonds is 2. The monoisotopic (exact) mass is 340 g/mol. The molecule has 0 atom stereocenters. The van der Waals surface area contributed by atoms with Gasteiger partial charge in [-0.2, -0.15) is 9.78 Å². The van der Waals surface area contributed by atoms with Gasteiger partial charge in [0.05, 0.1) is 10.7 Å². The standard InChI is InChI=1S/C17H13ClN4S/c1-11-6-2-3-7-12(11)15-10-23-17-20-19-16(22(17)21-15)13-8-4-5-9-14(13)18/h2-9H,10H2,1H3. The van der Waals surface area contributed by atoms with E-state index >= 15 is 0 Å². The Morgan fingerprint density at radius 3 is 2.52 bits per heavy atom. The maximum Gasteiger partial charge on any atom is 0.212 e. The molecule has 23 heavy (non-hydrogen) atoms. The van der Waals surface area contributed by atoms with Crippen molar-refractivity contribution >= 4 is 29.1 Å². The average Bonchev–Trinajstić information content (AvgIpc) is 2.99. The molecule has 1 aliphatic heterocycles. The molecule has 0 saturated carbocycles. The minimum atomic E-state index is 0.644. The molecule has 0 saturated heterocycles. The summed E-state index contributed by atoms with van der Waals surface area (Å²) in [4.78, 5) is 0. The second-order valence-electron chi connectivity index (χ2n) is 5.25. The molecule has 2 heterocycles. The van der Waals surface area contributed by atoms with E-state index in [2.05, 4.69) is 29.3 Å². The molecular formula is C17H13ClN4S. The third-order valence-electron chi connectivity index (χ3n) is 3.74. The number of halogens is 1. The molecule has 0 N–H and O–H groups in total. The molecule has 4 nitrogen and oxygen atoms in total. The number of fused-ring (bicyclic) bond motifs is 1. The van der Waals surface area contributed by atoms with E-state index in [9.17, 15) is 0 Å². The van der Waals surface area contributed by atoms with E-state index in [1.165, 1.54) is 5.56 Å². The Morgan fingerprint density at radius 2 is 1.74 bits per heavy atom. The summed E-state index contributed by atoms with van der Waals surface area (Å²) in [5.74, 6) is 1.45. The minimum absolute atomic E-state index is 0.644. The van der Waals surface area contributed by atoms with Crippen molar-refractivity contribution in [2.45, 2.75) is 12.1 Å². The van der Waals surface area contributed by atoms with Gasteiger partial charge in [0.15, 0.2) is 5.82 Å². The topological polar surface area (TPSA) is 43.1 Å². The Labute approximate surface area is 143 Å². The molecule has 2 aromatic carbocycles. The summed E-state index contributed by atoms with van der Waals surface area (Å²) < 4.78 is 1.79. The molecule has 4 rings (SSSR count). The highest BCUT2D eigenvalue weighted by Gasteiger charge is 2.22. The van der Waals surface area contributed by atoms with Gasteiger partial charge in [0.2, 0.25) is 5.16 Å². The van der Waals surface area contributed by atoms with Gasteiger partial charge in [-0.3, -0.25) is 0 Å². The zero-order valence-electron chi connectivity index (χ0n) is 12.4. The number of hydrogen-bond donors (Lipinski definition) is 0. The summed E-state index contributed by atoms with van der Waals surface area (Å²) >= 11 is 7.94. The first-order valence-electron chi connectivity index (χ1n) is 7.21. The Bertz CT molecular complexity index is 916. The van der Waals surface area contributed by atoms with Crippen molar-refractivity contribution in [3.8, 4) is 11.4 Å². The normalized spacial score (nSPS) is 13.6. The Morgan fingerprint density at radius 1 is 1.00 bits per heavy atom. The van der Waals surface area contributed by atoms with Gasteiger partial charge in [-0.25, -0.2) is 0 Å². The van der Waals surface area contributed by atoms with Gasteiger partial charge >= 0.3 is 0 Å². The highest BCUT2D eigenvalue weighted by Crippen LogP contribution is 2.32. The number of nitrogens with zero attached hydrogens (tertiary/aromatic N) is 4. The van der Waals surface area contributed by atoms with E-state index in [4.69, 9.17) is 16.7 Å². The predicted molar refractivity (Wildman–Crippen MR) is 94.3 cm³/mol. The van der Waals surface area contributed by atoms with Crippen molar-refractivity contribution in [1.82, 2.24) is 14.9 Å². The van der Waals surface area contributed by atoms with Crippen molar-refractivity contribution < 1.29 is 0 Å². The fourth-order valence-electron chi connectivity index (χ4n) is 2.57. The maximum atomic E-state index is 6.30. The molecule has 0 unspecified atom stereocenters. The van der Waals surface area contributed by atoms with Gasteiger partial charge in [-0.15, -0.1) is 10.2 Å². The molecule has 0 amide bonds. The van der Waals surface area contributed by atoms with Crippen LogP contribution in [0.4, 0.5) is 0 Å². The summed E-state index contributed by atoms with van der Waals surface area (Å²) in [7, 11) is 0. The lowest BCUT2D eigenvalue weighted by atomic mass is 10.1. The summed E-state index contributed by atoms with van der Waals surface area (Å²) in [6.45, 7) is 2.10. The number of thioether (sulfide) groups is 1. The Hall–Kier alpha value is -2.11. The maximum absolute atomic E-state index is 6.30. The van der Waals surface area contributed by atoms with Crippen molar-refractivity contribution in [3.63, 3.8) is 0 Å². The van der Waals surface area contributed by atoms with Crippen LogP contribution < -0.4 is 0 Å². The molecule has 0 aliphatic carbocycles. The van der Waals surface area contributed by atoms with E-state index < -0.39 is 0 Å². The first-order valence-corrected chi connectivity index (χ1v) is 8.57. The van der Waals surface area contributed by atoms with Crippen LogP contribution in [-0.2, 0) is 0 Å². The van der Waals surface area contributed by atoms with Crippen molar-refractivity contribution in [1.29, 1.82) is 0 Å². The second kappa shape index (κ2) is 5.83. The van der Waals surface area contributed by atoms with E-state index in [0.29, 0.717) is 10.8 Å². The van der Waals surface area contributed by atoms with Crippen molar-refractivity contribution in [2.75, 3.05) is 5.75 Å². The Balaban J connectivity index is 1.85. The molecule has 0 spiro atoms. The molecule has 0 radical (unpaired) electrons. The van der Waals surface area contributed by atoms with Crippen LogP contribution in [0.3, 0.4) is 0 Å². The highest BCUT2D eigenvalue weighted by molar-refractivity contribution is 7.99. The number of aryl methyl sites for hydroxylation is 1. The van der Waals surface area contributed by atoms with E-state index in [0.717, 1.165) is 27.7 Å². The molecular weight excluding hydrogens is 328 g/mol. The van der Waals surface area contributed by atoms with Gasteiger partial charge in [-0.1, -0.05) is 59.8 Å². The zero-order chi connectivity index (χ0) is 15.8. The molecule has 6 heteroatoms. The van der Waals surface area contributed by atoms with Crippen LogP contribution in [0.25, 0.3) is 11.4 Å². The largest absolute Gasteiger partial charge is 0.212 e. The smallest absolute Gasteiger partial charge is 0.186 e. The van der Waals surface area contributed by atoms with Gasteiger partial charge in [-0.05, 0) is 24.6 Å². The molecule has 114 valence electrons. The summed E-state index contributed by atoms with van der Waals surface area (Å²) in [6, 6.07) is 15.9. The van der Waals surface area contributed by atoms with Crippen LogP contribution in [0.15, 0.2) is 58.8 Å². The molecule has 1 aliphatic rings. The fourth-order valence-corrected chi connectivity index (χ4v) is 3.61. The van der Waals surface area contributed by atoms with Gasteiger partial charge in [0.1, 0.15) is 0 Å². The van der Waals surface area contributed by atoms with Crippen LogP contribution in [0.2, 0.25) is 5.02 Å². The van der Waals surface area contributed by atoms with E-state index in [1.54, 1.807) is 16.4 Å². The van der Waals surface area contributed by atoms with E-state index in [-0.39, 0.29) is 0 Å². The lowest BCUT2D eigenvalue weighted by Crippen LogP contribution is -2.14. The number of benzene rings is 2. The molecule has 0 bridgehead atoms. The van der Waals surface area contributed by atoms with E-state index in [1.807, 2.05) is 36.4 Å². The SMILES string of the molecule is Cc1ccccc1C1=Nn2c(nnc2-c2ccccc2Cl)SC1. The van der Waals surface area contributed by atoms with Crippen molar-refractivity contribution in [3.05, 3.63) is 64.7 Å². The Kier molecular flexibility index (Phi) is 3.67. The lowest BCUT2D eigenvalue weighted by molar-refractivity contribution is 0.762. The van der Waals surface area contributed by atoms with Crippen LogP contribution in [0, 0.1) is 6.92 Å². The minimum Gasteiger partial charge on any atom is -0.186 e. The highest BCUT2D eigenvalue weighted by atomic mass is 35.5. The summed E-state index contributed by atoms with van der Waals surface area (Å²) in [5, 5.41) is 14.7. The van der Waals surface area contributed by atoms with Crippen LogP contribution in [0.1, 0.15) is 11.1 Å². The quantitative estimate of drug-likeness (QED) is 0.700. The van der Waals surface area contributed by atoms with Crippen molar-refractivity contribution in [2.24, 2.45) is 5.10 Å². The first kappa shape index (κ1) is 14.5. The molecule has 1 aromatic heterocycles.